The second-order valence-corrected chi connectivity index (χ2v) is 9.89. The zero-order chi connectivity index (χ0) is 26.6. The number of thiophene rings is 1. The molecule has 4 heterocycles. The van der Waals surface area contributed by atoms with Gasteiger partial charge in [0.25, 0.3) is 0 Å². The number of phenols is 1. The highest BCUT2D eigenvalue weighted by Crippen LogP contribution is 2.41. The van der Waals surface area contributed by atoms with Crippen LogP contribution in [0.2, 0.25) is 0 Å². The lowest BCUT2D eigenvalue weighted by molar-refractivity contribution is 0.285. The lowest BCUT2D eigenvalue weighted by atomic mass is 10.0. The molecule has 1 atom stereocenters. The van der Waals surface area contributed by atoms with E-state index in [1.54, 1.807) is 23.7 Å². The number of hydrogen-bond donors (Lipinski definition) is 3. The number of nitrogen functional groups attached to an aromatic ring is 1. The smallest absolute Gasteiger partial charge is 0.343 e. The molecule has 190 valence electrons. The van der Waals surface area contributed by atoms with Gasteiger partial charge in [-0.1, -0.05) is 18.2 Å². The summed E-state index contributed by atoms with van der Waals surface area (Å²) in [5, 5.41) is 25.8. The predicted octanol–water partition coefficient (Wildman–Crippen LogP) is 4.86. The van der Waals surface area contributed by atoms with Crippen molar-refractivity contribution < 1.29 is 19.0 Å². The van der Waals surface area contributed by atoms with Crippen molar-refractivity contribution in [2.75, 3.05) is 5.73 Å². The van der Waals surface area contributed by atoms with Gasteiger partial charge in [0.1, 0.15) is 41.2 Å². The Kier molecular flexibility index (Phi) is 5.66. The highest BCUT2D eigenvalue weighted by atomic mass is 32.1. The fraction of sp³-hybridized carbons (Fsp3) is 0.111. The molecule has 0 aliphatic carbocycles. The minimum Gasteiger partial charge on any atom is -0.508 e. The summed E-state index contributed by atoms with van der Waals surface area (Å²) in [5.74, 6) is -0.466. The summed E-state index contributed by atoms with van der Waals surface area (Å²) < 4.78 is 21.6. The molecular weight excluding hydrogens is 509 g/mol. The molecule has 0 saturated carbocycles. The highest BCUT2D eigenvalue weighted by molar-refractivity contribution is 7.15. The summed E-state index contributed by atoms with van der Waals surface area (Å²) in [5.41, 5.74) is 7.27. The maximum Gasteiger partial charge on any atom is 0.343 e. The summed E-state index contributed by atoms with van der Waals surface area (Å²) in [6.45, 7) is 1.68. The number of hydrogen-bond acceptors (Lipinski definition) is 9. The van der Waals surface area contributed by atoms with Gasteiger partial charge < -0.3 is 20.4 Å². The van der Waals surface area contributed by atoms with Crippen LogP contribution in [0.1, 0.15) is 23.6 Å². The highest BCUT2D eigenvalue weighted by Gasteiger charge is 2.27. The Bertz CT molecular complexity index is 1890. The summed E-state index contributed by atoms with van der Waals surface area (Å²) >= 11 is 1.39. The van der Waals surface area contributed by atoms with Gasteiger partial charge in [0.15, 0.2) is 5.65 Å². The van der Waals surface area contributed by atoms with Crippen LogP contribution in [0.3, 0.4) is 0 Å². The zero-order valence-electron chi connectivity index (χ0n) is 19.9. The normalized spacial score (nSPS) is 12.4. The Labute approximate surface area is 218 Å². The number of anilines is 1. The van der Waals surface area contributed by atoms with Crippen molar-refractivity contribution in [1.82, 2.24) is 19.7 Å². The number of aromatic hydroxyl groups is 1. The SMILES string of the molecule is CC(c1oc(=O)c2ccccc2c1-c1ccc(CO)s1)n1nc(-c2cc(O)cc(F)c2)c2c(N)ncnc21. The van der Waals surface area contributed by atoms with Gasteiger partial charge in [0.2, 0.25) is 0 Å². The average molecular weight is 530 g/mol. The Balaban J connectivity index is 1.64. The summed E-state index contributed by atoms with van der Waals surface area (Å²) in [6.07, 6.45) is 1.29. The maximum atomic E-state index is 14.2. The minimum absolute atomic E-state index is 0.117. The van der Waals surface area contributed by atoms with Gasteiger partial charge in [-0.15, -0.1) is 11.3 Å². The molecule has 9 nitrogen and oxygen atoms in total. The molecule has 4 N–H and O–H groups in total. The number of aromatic nitrogens is 4. The minimum atomic E-state index is -0.672. The third-order valence-corrected chi connectivity index (χ3v) is 7.44. The summed E-state index contributed by atoms with van der Waals surface area (Å²) in [4.78, 5) is 23.1. The van der Waals surface area contributed by atoms with Gasteiger partial charge >= 0.3 is 5.63 Å². The van der Waals surface area contributed by atoms with Gasteiger partial charge in [-0.3, -0.25) is 0 Å². The van der Waals surface area contributed by atoms with Crippen molar-refractivity contribution in [2.24, 2.45) is 0 Å². The number of rotatable bonds is 5. The second-order valence-electron chi connectivity index (χ2n) is 8.72. The number of nitrogens with zero attached hydrogens (tertiary/aromatic N) is 4. The number of nitrogens with two attached hydrogens (primary N) is 1. The fourth-order valence-electron chi connectivity index (χ4n) is 4.65. The van der Waals surface area contributed by atoms with Gasteiger partial charge in [-0.2, -0.15) is 5.10 Å². The predicted molar refractivity (Wildman–Crippen MR) is 142 cm³/mol. The first-order chi connectivity index (χ1) is 18.4. The quantitative estimate of drug-likeness (QED) is 0.288. The largest absolute Gasteiger partial charge is 0.508 e. The molecule has 0 amide bonds. The summed E-state index contributed by atoms with van der Waals surface area (Å²) in [7, 11) is 0. The van der Waals surface area contributed by atoms with Crippen molar-refractivity contribution in [1.29, 1.82) is 0 Å². The van der Waals surface area contributed by atoms with Crippen LogP contribution < -0.4 is 11.4 Å². The van der Waals surface area contributed by atoms with Crippen LogP contribution >= 0.6 is 11.3 Å². The van der Waals surface area contributed by atoms with Crippen LogP contribution in [-0.4, -0.2) is 30.0 Å². The van der Waals surface area contributed by atoms with E-state index in [2.05, 4.69) is 9.97 Å². The topological polar surface area (TPSA) is 140 Å². The molecular formula is C27H20FN5O4S. The molecule has 0 fully saturated rings. The molecule has 11 heteroatoms. The average Bonchev–Trinajstić information content (AvgIpc) is 3.53. The molecule has 0 aliphatic rings. The first-order valence-corrected chi connectivity index (χ1v) is 12.4. The van der Waals surface area contributed by atoms with Crippen LogP contribution in [0, 0.1) is 5.82 Å². The van der Waals surface area contributed by atoms with E-state index in [0.717, 1.165) is 15.8 Å². The number of aliphatic hydroxyl groups excluding tert-OH is 1. The van der Waals surface area contributed by atoms with Crippen LogP contribution in [0.5, 0.6) is 5.75 Å². The Morgan fingerprint density at radius 2 is 1.92 bits per heavy atom. The third-order valence-electron chi connectivity index (χ3n) is 6.35. The van der Waals surface area contributed by atoms with E-state index in [9.17, 15) is 19.4 Å². The van der Waals surface area contributed by atoms with E-state index in [1.807, 2.05) is 24.3 Å². The molecule has 0 radical (unpaired) electrons. The molecule has 0 spiro atoms. The van der Waals surface area contributed by atoms with Crippen LogP contribution in [0.4, 0.5) is 10.2 Å². The standard InChI is InChI=1S/C27H20FN5O4S/c1-13(24-21(20-7-6-17(11-34)38-20)18-4-2-3-5-19(18)27(36)37-24)33-26-22(25(29)30-12-31-26)23(32-33)14-8-15(28)10-16(35)9-14/h2-10,12-13,34-35H,11H2,1H3,(H2,29,30,31). The van der Waals surface area contributed by atoms with Crippen LogP contribution in [-0.2, 0) is 6.61 Å². The van der Waals surface area contributed by atoms with E-state index in [-0.39, 0.29) is 29.4 Å². The number of halogens is 1. The van der Waals surface area contributed by atoms with Crippen LogP contribution in [0.15, 0.2) is 70.1 Å². The van der Waals surface area contributed by atoms with E-state index in [1.165, 1.54) is 29.8 Å². The van der Waals surface area contributed by atoms with Gasteiger partial charge in [-0.25, -0.2) is 23.8 Å². The van der Waals surface area contributed by atoms with Crippen molar-refractivity contribution in [2.45, 2.75) is 19.6 Å². The van der Waals surface area contributed by atoms with Crippen LogP contribution in [0.25, 0.3) is 43.5 Å². The number of aliphatic hydroxyl groups is 1. The lowest BCUT2D eigenvalue weighted by Crippen LogP contribution is -2.14. The molecule has 6 aromatic rings. The third kappa shape index (κ3) is 3.80. The molecule has 0 saturated heterocycles. The first-order valence-electron chi connectivity index (χ1n) is 11.6. The first kappa shape index (κ1) is 23.8. The van der Waals surface area contributed by atoms with E-state index in [0.29, 0.717) is 33.1 Å². The number of phenolic OH excluding ortho intramolecular Hbond substituents is 1. The van der Waals surface area contributed by atoms with E-state index >= 15 is 0 Å². The molecule has 0 bridgehead atoms. The summed E-state index contributed by atoms with van der Waals surface area (Å²) in [6, 6.07) is 13.8. The molecule has 6 rings (SSSR count). The number of benzene rings is 2. The fourth-order valence-corrected chi connectivity index (χ4v) is 5.58. The zero-order valence-corrected chi connectivity index (χ0v) is 20.7. The van der Waals surface area contributed by atoms with Crippen molar-refractivity contribution in [3.05, 3.63) is 87.8 Å². The van der Waals surface area contributed by atoms with Gasteiger partial charge in [0.05, 0.1) is 17.4 Å². The van der Waals surface area contributed by atoms with E-state index in [4.69, 9.17) is 15.2 Å². The monoisotopic (exact) mass is 529 g/mol. The number of fused-ring (bicyclic) bond motifs is 2. The van der Waals surface area contributed by atoms with Gasteiger partial charge in [0, 0.05) is 32.3 Å². The molecule has 38 heavy (non-hydrogen) atoms. The van der Waals surface area contributed by atoms with E-state index < -0.39 is 17.5 Å². The van der Waals surface area contributed by atoms with Crippen molar-refractivity contribution in [3.63, 3.8) is 0 Å². The maximum absolute atomic E-state index is 14.2. The lowest BCUT2D eigenvalue weighted by Gasteiger charge is -2.17. The van der Waals surface area contributed by atoms with Gasteiger partial charge in [-0.05, 0) is 37.3 Å². The molecule has 4 aromatic heterocycles. The molecule has 2 aromatic carbocycles. The molecule has 1 unspecified atom stereocenters. The van der Waals surface area contributed by atoms with Crippen molar-refractivity contribution >= 4 is 39.0 Å². The Morgan fingerprint density at radius 3 is 2.66 bits per heavy atom. The Hall–Kier alpha value is -4.61. The second kappa shape index (κ2) is 9.05. The van der Waals surface area contributed by atoms with Crippen molar-refractivity contribution in [3.8, 4) is 27.4 Å². The Morgan fingerprint density at radius 1 is 1.13 bits per heavy atom. The molecule has 0 aliphatic heterocycles.